The molecule has 1 saturated heterocycles. The molecule has 21 heavy (non-hydrogen) atoms. The summed E-state index contributed by atoms with van der Waals surface area (Å²) in [6.07, 6.45) is 5.16. The zero-order valence-electron chi connectivity index (χ0n) is 12.4. The van der Waals surface area contributed by atoms with Crippen LogP contribution in [0.4, 0.5) is 0 Å². The second kappa shape index (κ2) is 6.99. The van der Waals surface area contributed by atoms with Crippen LogP contribution in [0.25, 0.3) is 0 Å². The Kier molecular flexibility index (Phi) is 5.03. The van der Waals surface area contributed by atoms with Crippen LogP contribution in [-0.2, 0) is 4.74 Å². The fourth-order valence-corrected chi connectivity index (χ4v) is 3.55. The average Bonchev–Trinajstić information content (AvgIpc) is 3.03. The Bertz CT molecular complexity index is 483. The minimum Gasteiger partial charge on any atom is -0.493 e. The van der Waals surface area contributed by atoms with Gasteiger partial charge < -0.3 is 19.5 Å². The summed E-state index contributed by atoms with van der Waals surface area (Å²) in [5.74, 6) is 1.59. The van der Waals surface area contributed by atoms with E-state index in [-0.39, 0.29) is 6.10 Å². The summed E-state index contributed by atoms with van der Waals surface area (Å²) < 4.78 is 18.4. The first-order chi connectivity index (χ1) is 10.3. The lowest BCUT2D eigenvalue weighted by Crippen LogP contribution is -2.33. The molecule has 4 nitrogen and oxygen atoms in total. The van der Waals surface area contributed by atoms with Crippen LogP contribution in [0, 0.1) is 0 Å². The smallest absolute Gasteiger partial charge is 0.175 e. The number of rotatable bonds is 4. The first-order valence-electron chi connectivity index (χ1n) is 7.64. The minimum absolute atomic E-state index is 0.0736. The summed E-state index contributed by atoms with van der Waals surface area (Å²) >= 11 is 3.63. The highest BCUT2D eigenvalue weighted by Crippen LogP contribution is 2.40. The van der Waals surface area contributed by atoms with E-state index in [2.05, 4.69) is 27.3 Å². The molecule has 0 radical (unpaired) electrons. The minimum atomic E-state index is 0.0736. The Labute approximate surface area is 134 Å². The SMILES string of the molecule is COc1cc(C2CNCCO2)cc(Br)c1OC1CCCC1. The molecule has 1 aliphatic heterocycles. The van der Waals surface area contributed by atoms with Crippen molar-refractivity contribution >= 4 is 15.9 Å². The van der Waals surface area contributed by atoms with Crippen LogP contribution >= 0.6 is 15.9 Å². The number of hydrogen-bond acceptors (Lipinski definition) is 4. The van der Waals surface area contributed by atoms with E-state index in [1.54, 1.807) is 7.11 Å². The van der Waals surface area contributed by atoms with Crippen molar-refractivity contribution in [2.75, 3.05) is 26.8 Å². The molecule has 2 aliphatic rings. The molecule has 1 saturated carbocycles. The van der Waals surface area contributed by atoms with Crippen molar-refractivity contribution in [1.29, 1.82) is 0 Å². The van der Waals surface area contributed by atoms with Crippen LogP contribution in [0.1, 0.15) is 37.4 Å². The van der Waals surface area contributed by atoms with Gasteiger partial charge in [-0.05, 0) is 59.3 Å². The molecule has 0 amide bonds. The number of morpholine rings is 1. The molecule has 1 N–H and O–H groups in total. The zero-order valence-corrected chi connectivity index (χ0v) is 13.9. The Morgan fingerprint density at radius 3 is 2.76 bits per heavy atom. The van der Waals surface area contributed by atoms with E-state index in [1.807, 2.05) is 6.07 Å². The van der Waals surface area contributed by atoms with Crippen molar-refractivity contribution in [3.05, 3.63) is 22.2 Å². The van der Waals surface area contributed by atoms with Crippen molar-refractivity contribution < 1.29 is 14.2 Å². The number of methoxy groups -OCH3 is 1. The van der Waals surface area contributed by atoms with Gasteiger partial charge in [0.25, 0.3) is 0 Å². The molecule has 1 atom stereocenters. The molecule has 3 rings (SSSR count). The van der Waals surface area contributed by atoms with Crippen LogP contribution in [-0.4, -0.2) is 32.9 Å². The largest absolute Gasteiger partial charge is 0.493 e. The Hall–Kier alpha value is -0.780. The third kappa shape index (κ3) is 3.52. The van der Waals surface area contributed by atoms with Gasteiger partial charge in [-0.2, -0.15) is 0 Å². The number of nitrogens with one attached hydrogen (secondary N) is 1. The van der Waals surface area contributed by atoms with Gasteiger partial charge in [0.05, 0.1) is 30.4 Å². The molecule has 0 spiro atoms. The standard InChI is InChI=1S/C16H22BrNO3/c1-19-14-9-11(15-10-18-6-7-20-15)8-13(17)16(14)21-12-4-2-3-5-12/h8-9,12,15,18H,2-7,10H2,1H3. The molecule has 2 fully saturated rings. The second-order valence-corrected chi connectivity index (χ2v) is 6.48. The molecule has 1 aromatic rings. The molecule has 1 aliphatic carbocycles. The number of ether oxygens (including phenoxy) is 3. The first-order valence-corrected chi connectivity index (χ1v) is 8.43. The highest BCUT2D eigenvalue weighted by molar-refractivity contribution is 9.10. The predicted molar refractivity (Wildman–Crippen MR) is 85.1 cm³/mol. The monoisotopic (exact) mass is 355 g/mol. The summed E-state index contributed by atoms with van der Waals surface area (Å²) in [5, 5.41) is 3.35. The molecule has 116 valence electrons. The molecule has 0 aromatic heterocycles. The topological polar surface area (TPSA) is 39.7 Å². The third-order valence-corrected chi connectivity index (χ3v) is 4.73. The van der Waals surface area contributed by atoms with Gasteiger partial charge in [-0.1, -0.05) is 0 Å². The van der Waals surface area contributed by atoms with Crippen LogP contribution in [0.5, 0.6) is 11.5 Å². The highest BCUT2D eigenvalue weighted by Gasteiger charge is 2.23. The number of halogens is 1. The Morgan fingerprint density at radius 2 is 2.10 bits per heavy atom. The van der Waals surface area contributed by atoms with Crippen molar-refractivity contribution in [2.24, 2.45) is 0 Å². The van der Waals surface area contributed by atoms with E-state index in [0.29, 0.717) is 6.10 Å². The van der Waals surface area contributed by atoms with Gasteiger partial charge in [0.15, 0.2) is 11.5 Å². The fourth-order valence-electron chi connectivity index (χ4n) is 2.99. The predicted octanol–water partition coefficient (Wildman–Crippen LogP) is 3.44. The van der Waals surface area contributed by atoms with Gasteiger partial charge in [-0.25, -0.2) is 0 Å². The zero-order chi connectivity index (χ0) is 14.7. The Balaban J connectivity index is 1.82. The quantitative estimate of drug-likeness (QED) is 0.897. The molecule has 1 aromatic carbocycles. The second-order valence-electron chi connectivity index (χ2n) is 5.62. The number of benzene rings is 1. The van der Waals surface area contributed by atoms with Crippen molar-refractivity contribution in [2.45, 2.75) is 37.9 Å². The van der Waals surface area contributed by atoms with Crippen LogP contribution in [0.3, 0.4) is 0 Å². The van der Waals surface area contributed by atoms with Gasteiger partial charge in [-0.3, -0.25) is 0 Å². The van der Waals surface area contributed by atoms with Crippen molar-refractivity contribution in [3.8, 4) is 11.5 Å². The lowest BCUT2D eigenvalue weighted by Gasteiger charge is -2.25. The van der Waals surface area contributed by atoms with E-state index < -0.39 is 0 Å². The fraction of sp³-hybridized carbons (Fsp3) is 0.625. The Morgan fingerprint density at radius 1 is 1.29 bits per heavy atom. The third-order valence-electron chi connectivity index (χ3n) is 4.14. The maximum Gasteiger partial charge on any atom is 0.175 e. The summed E-state index contributed by atoms with van der Waals surface area (Å²) in [4.78, 5) is 0. The van der Waals surface area contributed by atoms with E-state index in [0.717, 1.165) is 54.1 Å². The molecular formula is C16H22BrNO3. The summed E-state index contributed by atoms with van der Waals surface area (Å²) in [6.45, 7) is 2.49. The number of hydrogen-bond donors (Lipinski definition) is 1. The van der Waals surface area contributed by atoms with Gasteiger partial charge in [0, 0.05) is 13.1 Å². The lowest BCUT2D eigenvalue weighted by molar-refractivity contribution is 0.0275. The summed E-state index contributed by atoms with van der Waals surface area (Å²) in [5.41, 5.74) is 1.12. The van der Waals surface area contributed by atoms with Crippen LogP contribution in [0.15, 0.2) is 16.6 Å². The van der Waals surface area contributed by atoms with E-state index >= 15 is 0 Å². The molecule has 1 unspecified atom stereocenters. The van der Waals surface area contributed by atoms with Gasteiger partial charge in [0.2, 0.25) is 0 Å². The van der Waals surface area contributed by atoms with E-state index in [1.165, 1.54) is 12.8 Å². The van der Waals surface area contributed by atoms with Crippen LogP contribution < -0.4 is 14.8 Å². The molecule has 5 heteroatoms. The highest BCUT2D eigenvalue weighted by atomic mass is 79.9. The van der Waals surface area contributed by atoms with E-state index in [4.69, 9.17) is 14.2 Å². The summed E-state index contributed by atoms with van der Waals surface area (Å²) in [7, 11) is 1.69. The first kappa shape index (κ1) is 15.1. The molecule has 1 heterocycles. The average molecular weight is 356 g/mol. The summed E-state index contributed by atoms with van der Waals surface area (Å²) in [6, 6.07) is 4.12. The van der Waals surface area contributed by atoms with Gasteiger partial charge >= 0.3 is 0 Å². The van der Waals surface area contributed by atoms with Gasteiger partial charge in [0.1, 0.15) is 0 Å². The van der Waals surface area contributed by atoms with Crippen molar-refractivity contribution in [1.82, 2.24) is 5.32 Å². The maximum absolute atomic E-state index is 6.14. The maximum atomic E-state index is 6.14. The molecular weight excluding hydrogens is 334 g/mol. The van der Waals surface area contributed by atoms with Crippen molar-refractivity contribution in [3.63, 3.8) is 0 Å². The van der Waals surface area contributed by atoms with Crippen LogP contribution in [0.2, 0.25) is 0 Å². The normalized spacial score (nSPS) is 23.2. The molecule has 0 bridgehead atoms. The van der Waals surface area contributed by atoms with Gasteiger partial charge in [-0.15, -0.1) is 0 Å². The van der Waals surface area contributed by atoms with E-state index in [9.17, 15) is 0 Å². The lowest BCUT2D eigenvalue weighted by atomic mass is 10.1.